The SMILES string of the molecule is CCC(C)c1ccc(N(C)CC)cc1.CCNCC(O)CN(CCN(CC[NH3+])CC(O)CN(C)Cl)CC(O)CNCCNCC[NH2+]C.[Cl-].[Cl-].[Cl-]. The van der Waals surface area contributed by atoms with Crippen molar-refractivity contribution < 1.29 is 63.6 Å². The van der Waals surface area contributed by atoms with Gasteiger partial charge in [0.1, 0.15) is 0 Å². The first-order valence-electron chi connectivity index (χ1n) is 17.9. The van der Waals surface area contributed by atoms with Crippen molar-refractivity contribution in [2.24, 2.45) is 0 Å². The minimum Gasteiger partial charge on any atom is -1.00 e. The maximum absolute atomic E-state index is 10.6. The number of halogens is 4. The van der Waals surface area contributed by atoms with E-state index in [0.29, 0.717) is 58.3 Å². The number of hydrogen-bond donors (Lipinski definition) is 8. The van der Waals surface area contributed by atoms with Gasteiger partial charge in [-0.1, -0.05) is 32.9 Å². The minimum atomic E-state index is -0.550. The van der Waals surface area contributed by atoms with Gasteiger partial charge in [0.25, 0.3) is 0 Å². The van der Waals surface area contributed by atoms with Crippen LogP contribution in [0.3, 0.4) is 0 Å². The number of hydrogen-bond acceptors (Lipinski definition) is 10. The Morgan fingerprint density at radius 2 is 1.30 bits per heavy atom. The third kappa shape index (κ3) is 30.2. The Morgan fingerprint density at radius 1 is 0.760 bits per heavy atom. The molecular formula is C34H74Cl4N9O3-. The molecule has 0 heterocycles. The van der Waals surface area contributed by atoms with Crippen molar-refractivity contribution in [3.63, 3.8) is 0 Å². The molecule has 1 rings (SSSR count). The molecule has 0 saturated heterocycles. The highest BCUT2D eigenvalue weighted by atomic mass is 35.5. The second-order valence-corrected chi connectivity index (χ2v) is 13.1. The lowest BCUT2D eigenvalue weighted by Gasteiger charge is -2.31. The van der Waals surface area contributed by atoms with Gasteiger partial charge in [-0.3, -0.25) is 9.80 Å². The van der Waals surface area contributed by atoms with Crippen LogP contribution in [0.4, 0.5) is 5.69 Å². The molecular weight excluding hydrogens is 724 g/mol. The maximum atomic E-state index is 10.6. The molecule has 1 aromatic carbocycles. The zero-order valence-electron chi connectivity index (χ0n) is 32.1. The highest BCUT2D eigenvalue weighted by Crippen LogP contribution is 2.21. The average molecular weight is 799 g/mol. The molecule has 0 bridgehead atoms. The summed E-state index contributed by atoms with van der Waals surface area (Å²) in [4.78, 5) is 6.51. The Kier molecular flexibility index (Phi) is 41.9. The average Bonchev–Trinajstić information content (AvgIpc) is 3.05. The summed E-state index contributed by atoms with van der Waals surface area (Å²) in [6.07, 6.45) is -0.382. The van der Waals surface area contributed by atoms with Crippen LogP contribution < -0.4 is 69.1 Å². The van der Waals surface area contributed by atoms with E-state index in [9.17, 15) is 15.3 Å². The van der Waals surface area contributed by atoms with Crippen LogP contribution in [0.5, 0.6) is 0 Å². The molecule has 12 nitrogen and oxygen atoms in total. The van der Waals surface area contributed by atoms with Crippen molar-refractivity contribution in [3.05, 3.63) is 29.8 Å². The summed E-state index contributed by atoms with van der Waals surface area (Å²) in [7, 11) is 5.90. The van der Waals surface area contributed by atoms with Crippen LogP contribution >= 0.6 is 11.8 Å². The second kappa shape index (κ2) is 37.1. The molecule has 0 aliphatic rings. The van der Waals surface area contributed by atoms with Crippen LogP contribution in [0.25, 0.3) is 0 Å². The highest BCUT2D eigenvalue weighted by molar-refractivity contribution is 6.13. The van der Waals surface area contributed by atoms with Gasteiger partial charge < -0.3 is 84.4 Å². The lowest BCUT2D eigenvalue weighted by molar-refractivity contribution is -0.625. The molecule has 16 heteroatoms. The summed E-state index contributed by atoms with van der Waals surface area (Å²) in [5.41, 5.74) is 6.69. The number of likely N-dealkylation sites (N-methyl/N-ethyl adjacent to an activating group) is 3. The van der Waals surface area contributed by atoms with Crippen molar-refractivity contribution in [1.29, 1.82) is 0 Å². The van der Waals surface area contributed by atoms with E-state index in [0.717, 1.165) is 52.4 Å². The van der Waals surface area contributed by atoms with E-state index in [4.69, 9.17) is 11.8 Å². The number of anilines is 1. The van der Waals surface area contributed by atoms with Crippen molar-refractivity contribution >= 4 is 17.5 Å². The summed E-state index contributed by atoms with van der Waals surface area (Å²) in [5.74, 6) is 0.677. The van der Waals surface area contributed by atoms with Gasteiger partial charge in [0, 0.05) is 105 Å². The zero-order chi connectivity index (χ0) is 35.5. The Hall–Kier alpha value is -0.260. The number of nitrogens with two attached hydrogens (primary N) is 1. The van der Waals surface area contributed by atoms with Crippen LogP contribution in [-0.2, 0) is 0 Å². The maximum Gasteiger partial charge on any atom is 0.0880 e. The molecule has 4 atom stereocenters. The van der Waals surface area contributed by atoms with Gasteiger partial charge in [-0.05, 0) is 55.3 Å². The molecule has 0 radical (unpaired) electrons. The molecule has 50 heavy (non-hydrogen) atoms. The largest absolute Gasteiger partial charge is 1.00 e. The first kappa shape index (κ1) is 56.5. The van der Waals surface area contributed by atoms with E-state index in [1.165, 1.54) is 22.1 Å². The van der Waals surface area contributed by atoms with Gasteiger partial charge >= 0.3 is 0 Å². The van der Waals surface area contributed by atoms with Crippen LogP contribution in [0.2, 0.25) is 0 Å². The Balaban J connectivity index is -0.000000522. The van der Waals surface area contributed by atoms with Crippen molar-refractivity contribution in [3.8, 4) is 0 Å². The number of quaternary nitrogens is 2. The van der Waals surface area contributed by atoms with Crippen LogP contribution in [0.15, 0.2) is 24.3 Å². The van der Waals surface area contributed by atoms with Crippen molar-refractivity contribution in [1.82, 2.24) is 30.2 Å². The predicted molar refractivity (Wildman–Crippen MR) is 198 cm³/mol. The summed E-state index contributed by atoms with van der Waals surface area (Å²) in [6.45, 7) is 20.0. The third-order valence-corrected chi connectivity index (χ3v) is 8.30. The molecule has 0 spiro atoms. The number of rotatable bonds is 28. The first-order chi connectivity index (χ1) is 22.5. The number of nitrogens with one attached hydrogen (secondary N) is 3. The van der Waals surface area contributed by atoms with Gasteiger partial charge in [-0.15, -0.1) is 0 Å². The molecule has 0 aliphatic carbocycles. The molecule has 0 fully saturated rings. The van der Waals surface area contributed by atoms with E-state index >= 15 is 0 Å². The minimum absolute atomic E-state index is 0. The summed E-state index contributed by atoms with van der Waals surface area (Å²) in [6, 6.07) is 8.92. The standard InChI is InChI=1S/C21H51ClN8O3.C13H21N.3ClH/c1-4-25-13-19(31)16-30(17-20(32)14-27-9-8-26-7-6-24-2)12-11-29(10-5-23)18-21(33)15-28(3)22;1-5-11(3)12-7-9-13(10-8-12)14(4)6-2;;;/h19-21,24-27,31-33H,4-18,23H2,1-3H3;7-11H,5-6H2,1-4H3;3*1H/p-1. The molecule has 1 aromatic rings. The number of benzene rings is 1. The van der Waals surface area contributed by atoms with Crippen LogP contribution in [-0.4, -0.2) is 174 Å². The van der Waals surface area contributed by atoms with E-state index in [-0.39, 0.29) is 37.2 Å². The zero-order valence-corrected chi connectivity index (χ0v) is 35.1. The second-order valence-electron chi connectivity index (χ2n) is 12.5. The van der Waals surface area contributed by atoms with Crippen molar-refractivity contribution in [2.75, 3.05) is 131 Å². The van der Waals surface area contributed by atoms with Crippen LogP contribution in [0, 0.1) is 0 Å². The summed E-state index contributed by atoms with van der Waals surface area (Å²) < 4.78 is 1.46. The fraction of sp³-hybridized carbons (Fsp3) is 0.824. The number of aliphatic hydroxyl groups is 3. The molecule has 302 valence electrons. The van der Waals surface area contributed by atoms with Crippen molar-refractivity contribution in [2.45, 2.75) is 58.3 Å². The fourth-order valence-electron chi connectivity index (χ4n) is 5.03. The Bertz CT molecular complexity index is 813. The molecule has 0 aromatic heterocycles. The van der Waals surface area contributed by atoms with Gasteiger partial charge in [0.15, 0.2) is 0 Å². The van der Waals surface area contributed by atoms with E-state index in [1.807, 2.05) is 6.92 Å². The lowest BCUT2D eigenvalue weighted by Crippen LogP contribution is -3.00. The molecule has 0 aliphatic heterocycles. The fourth-order valence-corrected chi connectivity index (χ4v) is 5.19. The Morgan fingerprint density at radius 3 is 1.80 bits per heavy atom. The van der Waals surface area contributed by atoms with Gasteiger partial charge in [-0.2, -0.15) is 0 Å². The molecule has 4 unspecified atom stereocenters. The Labute approximate surface area is 328 Å². The van der Waals surface area contributed by atoms with E-state index in [1.54, 1.807) is 7.05 Å². The quantitative estimate of drug-likeness (QED) is 0.0303. The first-order valence-corrected chi connectivity index (χ1v) is 18.2. The topological polar surface area (TPSA) is 154 Å². The molecule has 11 N–H and O–H groups in total. The molecule has 0 amide bonds. The van der Waals surface area contributed by atoms with E-state index < -0.39 is 18.3 Å². The number of nitrogens with zero attached hydrogens (tertiary/aromatic N) is 4. The number of aliphatic hydroxyl groups excluding tert-OH is 3. The highest BCUT2D eigenvalue weighted by Gasteiger charge is 2.19. The normalized spacial score (nSPS) is 13.4. The monoisotopic (exact) mass is 796 g/mol. The summed E-state index contributed by atoms with van der Waals surface area (Å²) >= 11 is 5.86. The third-order valence-electron chi connectivity index (χ3n) is 8.16. The van der Waals surface area contributed by atoms with Gasteiger partial charge in [0.2, 0.25) is 0 Å². The summed E-state index contributed by atoms with van der Waals surface area (Å²) in [5, 5.41) is 43.2. The van der Waals surface area contributed by atoms with E-state index in [2.05, 4.69) is 101 Å². The lowest BCUT2D eigenvalue weighted by atomic mass is 9.98. The van der Waals surface area contributed by atoms with Crippen LogP contribution in [0.1, 0.15) is 45.6 Å². The predicted octanol–water partition coefficient (Wildman–Crippen LogP) is -10.3. The molecule has 0 saturated carbocycles. The van der Waals surface area contributed by atoms with Gasteiger partial charge in [0.05, 0.1) is 38.4 Å². The van der Waals surface area contributed by atoms with Gasteiger partial charge in [-0.25, -0.2) is 4.42 Å². The smallest absolute Gasteiger partial charge is 0.0880 e.